The number of carbonyl (C=O) groups is 3. The highest BCUT2D eigenvalue weighted by Gasteiger charge is 2.52. The number of nitro benzene ring substituents is 2. The Morgan fingerprint density at radius 1 is 0.929 bits per heavy atom. The summed E-state index contributed by atoms with van der Waals surface area (Å²) in [5, 5.41) is 21.6. The van der Waals surface area contributed by atoms with Gasteiger partial charge in [-0.2, -0.15) is 0 Å². The maximum atomic E-state index is 13.1. The number of carbonyl (C=O) groups excluding carboxylic acids is 3. The van der Waals surface area contributed by atoms with E-state index in [1.807, 2.05) is 0 Å². The smallest absolute Gasteiger partial charge is 0.338 e. The minimum Gasteiger partial charge on any atom is -0.459 e. The summed E-state index contributed by atoms with van der Waals surface area (Å²) in [5.41, 5.74) is -0.589. The maximum Gasteiger partial charge on any atom is 0.338 e. The molecule has 0 radical (unpaired) electrons. The molecule has 18 heteroatoms. The fourth-order valence-electron chi connectivity index (χ4n) is 3.96. The van der Waals surface area contributed by atoms with Crippen LogP contribution in [-0.4, -0.2) is 62.2 Å². The SMILES string of the molecule is CC(=O)O[C@@H]1[C@@H](OC(=O)c2ccc([N+](=O)[O-])cc2)[C@@H](COC(=O)c2ccc([N+](=O)[O-])cc2)O[C@H]1n1c(Br)nc(Cl)c1Cl. The molecule has 15 nitrogen and oxygen atoms in total. The van der Waals surface area contributed by atoms with E-state index in [9.17, 15) is 34.6 Å². The predicted octanol–water partition coefficient (Wildman–Crippen LogP) is 4.68. The molecule has 0 bridgehead atoms. The van der Waals surface area contributed by atoms with Crippen molar-refractivity contribution in [2.45, 2.75) is 31.5 Å². The minimum absolute atomic E-state index is 0.0155. The molecule has 1 aliphatic rings. The number of hydrogen-bond acceptors (Lipinski definition) is 12. The molecule has 2 heterocycles. The van der Waals surface area contributed by atoms with Crippen LogP contribution >= 0.6 is 39.1 Å². The topological polar surface area (TPSA) is 192 Å². The Bertz CT molecular complexity index is 1550. The van der Waals surface area contributed by atoms with Gasteiger partial charge in [0.05, 0.1) is 21.0 Å². The van der Waals surface area contributed by atoms with E-state index in [4.69, 9.17) is 42.1 Å². The van der Waals surface area contributed by atoms with Crippen LogP contribution in [0.25, 0.3) is 0 Å². The van der Waals surface area contributed by atoms with Gasteiger partial charge in [-0.1, -0.05) is 23.2 Å². The van der Waals surface area contributed by atoms with Crippen molar-refractivity contribution in [3.05, 3.63) is 94.9 Å². The second-order valence-electron chi connectivity index (χ2n) is 8.55. The summed E-state index contributed by atoms with van der Waals surface area (Å²) in [6.45, 7) is 0.561. The monoisotopic (exact) mass is 686 g/mol. The van der Waals surface area contributed by atoms with Crippen LogP contribution in [0.2, 0.25) is 10.3 Å². The lowest BCUT2D eigenvalue weighted by molar-refractivity contribution is -0.385. The fraction of sp³-hybridized carbons (Fsp3) is 0.250. The van der Waals surface area contributed by atoms with Crippen molar-refractivity contribution in [1.29, 1.82) is 0 Å². The Morgan fingerprint density at radius 2 is 1.45 bits per heavy atom. The Kier molecular flexibility index (Phi) is 9.40. The van der Waals surface area contributed by atoms with Gasteiger partial charge in [0.25, 0.3) is 11.4 Å². The Hall–Kier alpha value is -4.12. The summed E-state index contributed by atoms with van der Waals surface area (Å²) in [6, 6.07) is 9.15. The Balaban J connectivity index is 1.64. The lowest BCUT2D eigenvalue weighted by Gasteiger charge is -2.24. The number of nitrogens with zero attached hydrogens (tertiary/aromatic N) is 4. The van der Waals surface area contributed by atoms with E-state index in [1.165, 1.54) is 28.8 Å². The summed E-state index contributed by atoms with van der Waals surface area (Å²) < 4.78 is 23.7. The first-order chi connectivity index (χ1) is 19.9. The first kappa shape index (κ1) is 30.8. The van der Waals surface area contributed by atoms with Crippen LogP contribution in [0.1, 0.15) is 33.9 Å². The van der Waals surface area contributed by atoms with Gasteiger partial charge in [0.2, 0.25) is 0 Å². The van der Waals surface area contributed by atoms with Crippen molar-refractivity contribution < 1.29 is 43.2 Å². The third-order valence-corrected chi connectivity index (χ3v) is 7.14. The molecule has 0 amide bonds. The van der Waals surface area contributed by atoms with Crippen LogP contribution in [0.15, 0.2) is 53.3 Å². The first-order valence-electron chi connectivity index (χ1n) is 11.7. The second-order valence-corrected chi connectivity index (χ2v) is 9.97. The predicted molar refractivity (Wildman–Crippen MR) is 145 cm³/mol. The average Bonchev–Trinajstić information content (AvgIpc) is 3.40. The van der Waals surface area contributed by atoms with Gasteiger partial charge in [-0.3, -0.25) is 29.6 Å². The second kappa shape index (κ2) is 12.8. The molecular weight excluding hydrogens is 671 g/mol. The maximum absolute atomic E-state index is 13.1. The molecule has 3 aromatic rings. The van der Waals surface area contributed by atoms with Crippen LogP contribution in [0.3, 0.4) is 0 Å². The number of non-ortho nitro benzene ring substituents is 2. The van der Waals surface area contributed by atoms with Crippen molar-refractivity contribution >= 4 is 68.4 Å². The lowest BCUT2D eigenvalue weighted by Crippen LogP contribution is -2.41. The minimum atomic E-state index is -1.41. The molecule has 0 unspecified atom stereocenters. The van der Waals surface area contributed by atoms with Crippen molar-refractivity contribution in [3.63, 3.8) is 0 Å². The van der Waals surface area contributed by atoms with Gasteiger partial charge in [-0.15, -0.1) is 0 Å². The molecule has 42 heavy (non-hydrogen) atoms. The number of imidazole rings is 1. The molecule has 1 saturated heterocycles. The third-order valence-electron chi connectivity index (χ3n) is 5.86. The fourth-order valence-corrected chi connectivity index (χ4v) is 5.11. The highest BCUT2D eigenvalue weighted by atomic mass is 79.9. The van der Waals surface area contributed by atoms with E-state index in [0.29, 0.717) is 0 Å². The molecule has 1 aromatic heterocycles. The zero-order chi connectivity index (χ0) is 30.7. The van der Waals surface area contributed by atoms with Gasteiger partial charge < -0.3 is 18.9 Å². The Morgan fingerprint density at radius 3 is 1.90 bits per heavy atom. The van der Waals surface area contributed by atoms with Crippen LogP contribution < -0.4 is 0 Å². The van der Waals surface area contributed by atoms with E-state index in [1.54, 1.807) is 0 Å². The summed E-state index contributed by atoms with van der Waals surface area (Å²) in [5.74, 6) is -2.63. The first-order valence-corrected chi connectivity index (χ1v) is 13.2. The molecule has 0 N–H and O–H groups in total. The van der Waals surface area contributed by atoms with E-state index < -0.39 is 58.9 Å². The molecule has 2 aromatic carbocycles. The van der Waals surface area contributed by atoms with Crippen molar-refractivity contribution in [2.75, 3.05) is 6.61 Å². The summed E-state index contributed by atoms with van der Waals surface area (Å²) in [7, 11) is 0. The van der Waals surface area contributed by atoms with Gasteiger partial charge in [-0.25, -0.2) is 14.6 Å². The largest absolute Gasteiger partial charge is 0.459 e. The zero-order valence-electron chi connectivity index (χ0n) is 21.0. The number of rotatable bonds is 9. The molecule has 220 valence electrons. The van der Waals surface area contributed by atoms with E-state index in [0.717, 1.165) is 31.2 Å². The van der Waals surface area contributed by atoms with Gasteiger partial charge in [-0.05, 0) is 40.2 Å². The van der Waals surface area contributed by atoms with Gasteiger partial charge in [0.1, 0.15) is 12.7 Å². The number of nitro groups is 2. The van der Waals surface area contributed by atoms with Crippen molar-refractivity contribution in [1.82, 2.24) is 9.55 Å². The molecule has 0 spiro atoms. The third kappa shape index (κ3) is 6.67. The van der Waals surface area contributed by atoms with E-state index in [2.05, 4.69) is 20.9 Å². The highest BCUT2D eigenvalue weighted by molar-refractivity contribution is 9.10. The number of benzene rings is 2. The quantitative estimate of drug-likeness (QED) is 0.131. The number of ether oxygens (including phenoxy) is 4. The summed E-state index contributed by atoms with van der Waals surface area (Å²) >= 11 is 15.5. The lowest BCUT2D eigenvalue weighted by atomic mass is 10.1. The summed E-state index contributed by atoms with van der Waals surface area (Å²) in [4.78, 5) is 62.4. The van der Waals surface area contributed by atoms with Gasteiger partial charge in [0.15, 0.2) is 33.5 Å². The molecular formula is C24H17BrCl2N4O11. The van der Waals surface area contributed by atoms with E-state index >= 15 is 0 Å². The zero-order valence-corrected chi connectivity index (χ0v) is 24.1. The molecule has 0 saturated carbocycles. The molecule has 1 fully saturated rings. The number of aromatic nitrogens is 2. The van der Waals surface area contributed by atoms with Crippen LogP contribution in [0.5, 0.6) is 0 Å². The number of halogens is 3. The molecule has 1 aliphatic heterocycles. The van der Waals surface area contributed by atoms with Crippen LogP contribution in [-0.2, 0) is 23.7 Å². The number of hydrogen-bond donors (Lipinski definition) is 0. The van der Waals surface area contributed by atoms with Crippen LogP contribution in [0.4, 0.5) is 11.4 Å². The van der Waals surface area contributed by atoms with Gasteiger partial charge in [0, 0.05) is 31.2 Å². The summed E-state index contributed by atoms with van der Waals surface area (Å²) in [6.07, 6.45) is -5.32. The number of esters is 3. The van der Waals surface area contributed by atoms with Crippen molar-refractivity contribution in [2.24, 2.45) is 0 Å². The van der Waals surface area contributed by atoms with E-state index in [-0.39, 0.29) is 37.5 Å². The molecule has 4 rings (SSSR count). The molecule has 0 aliphatic carbocycles. The average molecular weight is 688 g/mol. The van der Waals surface area contributed by atoms with Gasteiger partial charge >= 0.3 is 17.9 Å². The van der Waals surface area contributed by atoms with Crippen LogP contribution in [0, 0.1) is 20.2 Å². The normalized spacial score (nSPS) is 19.6. The molecule has 4 atom stereocenters. The van der Waals surface area contributed by atoms with Crippen molar-refractivity contribution in [3.8, 4) is 0 Å². The standard InChI is InChI=1S/C24H17BrCl2N4O11/c1-11(32)40-18-17(42-23(34)13-4-8-15(9-5-13)31(37)38)16(41-21(18)29-20(27)19(26)28-24(29)25)10-39-22(33)12-2-6-14(7-3-12)30(35)36/h2-9,16-18,21H,10H2,1H3/t16-,17+,18-,21-/m1/s1. The highest BCUT2D eigenvalue weighted by Crippen LogP contribution is 2.40. The Labute approximate surface area is 253 Å².